The van der Waals surface area contributed by atoms with Crippen molar-refractivity contribution in [3.05, 3.63) is 126 Å². The largest absolute Gasteiger partial charge is 0.459 e. The number of carbonyl (C=O) groups is 1. The Morgan fingerprint density at radius 3 is 2.39 bits per heavy atom. The first-order chi connectivity index (χ1) is 31.4. The minimum atomic E-state index is -1.48. The highest BCUT2D eigenvalue weighted by atomic mass is 35.5. The van der Waals surface area contributed by atoms with Crippen molar-refractivity contribution in [2.45, 2.75) is 69.2 Å². The molecular weight excluding hydrogens is 836 g/mol. The van der Waals surface area contributed by atoms with Gasteiger partial charge in [-0.2, -0.15) is 0 Å². The fourth-order valence-electron chi connectivity index (χ4n) is 10.1. The van der Waals surface area contributed by atoms with Crippen LogP contribution < -0.4 is 18.9 Å². The number of alkyl halides is 1. The first-order valence-corrected chi connectivity index (χ1v) is 22.8. The van der Waals surface area contributed by atoms with E-state index in [1.54, 1.807) is 11.0 Å². The van der Waals surface area contributed by atoms with Gasteiger partial charge in [-0.25, -0.2) is 4.79 Å². The number of unbranched alkanes of at least 4 members (excludes halogenated alkanes) is 2. The molecule has 6 atom stereocenters. The molecule has 4 aromatic carbocycles. The van der Waals surface area contributed by atoms with Crippen LogP contribution in [0.25, 0.3) is 11.1 Å². The van der Waals surface area contributed by atoms with Crippen LogP contribution in [0, 0.1) is 17.8 Å². The molecule has 338 valence electrons. The standard InChI is InChI=1S/C51H57ClN2O10/c1-3-26-62-51-47(54(50(57)59-27-23-52)32-34-15-21-45-46(28-34)61-33-60-45)31-43(53-58-2)41-29-37(13-7-9-24-55)40(14-8-10-25-56)48(49(41)51)42-30-39(20-22-44(42)64-51)63-38-18-16-36(17-19-38)35-11-5-4-6-12-35/h3-6,11-12,15-22,28-30,37,40,47-49,55-56H,1,7-10,13-14,23-27,31-33H2,2H3/t37-,40+,47-,48+,49+,51+/m0/s1. The molecule has 0 radical (unpaired) electrons. The van der Waals surface area contributed by atoms with Gasteiger partial charge in [-0.05, 0) is 102 Å². The Morgan fingerprint density at radius 2 is 1.64 bits per heavy atom. The van der Waals surface area contributed by atoms with Crippen molar-refractivity contribution in [3.63, 3.8) is 0 Å². The summed E-state index contributed by atoms with van der Waals surface area (Å²) in [6.45, 7) is 4.53. The van der Waals surface area contributed by atoms with Crippen LogP contribution in [0.3, 0.4) is 0 Å². The molecule has 4 aromatic rings. The molecule has 12 nitrogen and oxygen atoms in total. The highest BCUT2D eigenvalue weighted by Crippen LogP contribution is 2.62. The highest BCUT2D eigenvalue weighted by Gasteiger charge is 2.65. The number of oxime groups is 1. The van der Waals surface area contributed by atoms with E-state index in [0.29, 0.717) is 47.3 Å². The molecule has 2 N–H and O–H groups in total. The minimum Gasteiger partial charge on any atom is -0.459 e. The van der Waals surface area contributed by atoms with Crippen molar-refractivity contribution in [3.8, 4) is 39.9 Å². The zero-order valence-corrected chi connectivity index (χ0v) is 37.0. The summed E-state index contributed by atoms with van der Waals surface area (Å²) in [5.41, 5.74) is 5.51. The Labute approximate surface area is 380 Å². The third-order valence-corrected chi connectivity index (χ3v) is 12.9. The number of fused-ring (bicyclic) bond motifs is 3. The third-order valence-electron chi connectivity index (χ3n) is 12.7. The number of hydrogen-bond acceptors (Lipinski definition) is 11. The summed E-state index contributed by atoms with van der Waals surface area (Å²) in [5, 5.41) is 24.6. The summed E-state index contributed by atoms with van der Waals surface area (Å²) >= 11 is 6.11. The lowest BCUT2D eigenvalue weighted by atomic mass is 9.55. The van der Waals surface area contributed by atoms with E-state index in [1.165, 1.54) is 7.11 Å². The fourth-order valence-corrected chi connectivity index (χ4v) is 10.1. The predicted molar refractivity (Wildman–Crippen MR) is 244 cm³/mol. The van der Waals surface area contributed by atoms with Crippen molar-refractivity contribution >= 4 is 23.4 Å². The topological polar surface area (TPSA) is 138 Å². The number of aliphatic hydroxyl groups excluding tert-OH is 2. The molecule has 4 aliphatic rings. The number of hydrogen-bond donors (Lipinski definition) is 2. The van der Waals surface area contributed by atoms with E-state index in [9.17, 15) is 15.0 Å². The van der Waals surface area contributed by atoms with Crippen LogP contribution in [0.2, 0.25) is 0 Å². The molecule has 1 fully saturated rings. The smallest absolute Gasteiger partial charge is 0.410 e. The number of allylic oxidation sites excluding steroid dienone is 1. The van der Waals surface area contributed by atoms with E-state index in [1.807, 2.05) is 60.7 Å². The van der Waals surface area contributed by atoms with Crippen molar-refractivity contribution < 1.29 is 48.3 Å². The first kappa shape index (κ1) is 45.1. The number of ether oxygens (including phenoxy) is 6. The van der Waals surface area contributed by atoms with Crippen molar-refractivity contribution in [1.29, 1.82) is 0 Å². The van der Waals surface area contributed by atoms with Crippen LogP contribution in [-0.2, 0) is 20.9 Å². The van der Waals surface area contributed by atoms with E-state index in [0.717, 1.165) is 53.5 Å². The molecule has 0 saturated heterocycles. The van der Waals surface area contributed by atoms with Gasteiger partial charge in [-0.1, -0.05) is 78.7 Å². The Bertz CT molecular complexity index is 2290. The Morgan fingerprint density at radius 1 is 0.906 bits per heavy atom. The number of aliphatic hydroxyl groups is 2. The van der Waals surface area contributed by atoms with Gasteiger partial charge in [0.25, 0.3) is 0 Å². The monoisotopic (exact) mass is 892 g/mol. The molecule has 0 aromatic heterocycles. The molecular formula is C51H57ClN2O10. The van der Waals surface area contributed by atoms with Crippen LogP contribution in [0.4, 0.5) is 4.79 Å². The number of rotatable bonds is 20. The van der Waals surface area contributed by atoms with E-state index in [2.05, 4.69) is 48.1 Å². The lowest BCUT2D eigenvalue weighted by Crippen LogP contribution is -2.70. The maximum absolute atomic E-state index is 14.6. The van der Waals surface area contributed by atoms with Crippen LogP contribution in [0.1, 0.15) is 62.0 Å². The molecule has 2 heterocycles. The molecule has 0 spiro atoms. The molecule has 2 aliphatic heterocycles. The van der Waals surface area contributed by atoms with E-state index in [4.69, 9.17) is 44.9 Å². The summed E-state index contributed by atoms with van der Waals surface area (Å²) < 4.78 is 38.3. The van der Waals surface area contributed by atoms with E-state index >= 15 is 0 Å². The van der Waals surface area contributed by atoms with Gasteiger partial charge in [0.05, 0.1) is 24.1 Å². The van der Waals surface area contributed by atoms with Crippen molar-refractivity contribution in [1.82, 2.24) is 4.90 Å². The summed E-state index contributed by atoms with van der Waals surface area (Å²) in [6, 6.07) is 29.0. The number of amides is 1. The molecule has 64 heavy (non-hydrogen) atoms. The molecule has 0 bridgehead atoms. The zero-order valence-electron chi connectivity index (χ0n) is 36.2. The molecule has 0 unspecified atom stereocenters. The third kappa shape index (κ3) is 9.47. The normalized spacial score (nSPS) is 23.3. The van der Waals surface area contributed by atoms with Crippen LogP contribution in [0.5, 0.6) is 28.7 Å². The highest BCUT2D eigenvalue weighted by molar-refractivity contribution is 6.18. The maximum Gasteiger partial charge on any atom is 0.410 e. The van der Waals surface area contributed by atoms with Gasteiger partial charge >= 0.3 is 6.09 Å². The second-order valence-corrected chi connectivity index (χ2v) is 16.9. The van der Waals surface area contributed by atoms with Crippen LogP contribution in [0.15, 0.2) is 120 Å². The zero-order chi connectivity index (χ0) is 44.5. The van der Waals surface area contributed by atoms with E-state index in [-0.39, 0.29) is 69.8 Å². The molecule has 13 heteroatoms. The molecule has 1 amide bonds. The van der Waals surface area contributed by atoms with Gasteiger partial charge in [-0.15, -0.1) is 18.2 Å². The lowest BCUT2D eigenvalue weighted by molar-refractivity contribution is -0.256. The van der Waals surface area contributed by atoms with Crippen LogP contribution >= 0.6 is 11.6 Å². The number of carbonyl (C=O) groups excluding carboxylic acids is 1. The minimum absolute atomic E-state index is 0.00854. The maximum atomic E-state index is 14.6. The van der Waals surface area contributed by atoms with Gasteiger partial charge in [0.1, 0.15) is 37.0 Å². The second kappa shape index (κ2) is 21.0. The first-order valence-electron chi connectivity index (χ1n) is 22.2. The van der Waals surface area contributed by atoms with Gasteiger partial charge in [0, 0.05) is 37.7 Å². The molecule has 2 aliphatic carbocycles. The number of benzene rings is 4. The summed E-state index contributed by atoms with van der Waals surface area (Å²) in [6.07, 6.45) is 8.13. The summed E-state index contributed by atoms with van der Waals surface area (Å²) in [5.74, 6) is 1.10. The average molecular weight is 893 g/mol. The van der Waals surface area contributed by atoms with Crippen molar-refractivity contribution in [2.75, 3.05) is 46.2 Å². The number of halogens is 1. The van der Waals surface area contributed by atoms with E-state index < -0.39 is 23.8 Å². The Balaban J connectivity index is 1.28. The molecule has 8 rings (SSSR count). The van der Waals surface area contributed by atoms with Gasteiger partial charge in [0.2, 0.25) is 12.6 Å². The average Bonchev–Trinajstić information content (AvgIpc) is 3.80. The quantitative estimate of drug-likeness (QED) is 0.0382. The van der Waals surface area contributed by atoms with Gasteiger partial charge < -0.3 is 43.5 Å². The van der Waals surface area contributed by atoms with Gasteiger partial charge in [0.15, 0.2) is 11.5 Å². The Hall–Kier alpha value is -5.53. The van der Waals surface area contributed by atoms with Crippen molar-refractivity contribution in [2.24, 2.45) is 22.9 Å². The summed E-state index contributed by atoms with van der Waals surface area (Å²) in [4.78, 5) is 21.8. The fraction of sp³-hybridized carbons (Fsp3) is 0.412. The molecule has 1 saturated carbocycles. The number of nitrogens with zero attached hydrogens (tertiary/aromatic N) is 2. The second-order valence-electron chi connectivity index (χ2n) is 16.6. The lowest BCUT2D eigenvalue weighted by Gasteiger charge is -2.59. The predicted octanol–water partition coefficient (Wildman–Crippen LogP) is 10.0. The van der Waals surface area contributed by atoms with Gasteiger partial charge in [-0.3, -0.25) is 4.90 Å². The summed E-state index contributed by atoms with van der Waals surface area (Å²) in [7, 11) is 1.52. The SMILES string of the molecule is C=CCO[C@@]12Oc3ccc(Oc4ccc(-c5ccccc5)cc4)cc3[C@H]3[C@H](CCCCO)[C@@H](CCCCO)C=C(C(=NOC)C[C@@H]1N(Cc1ccc4c(c1)OCO4)C(=O)OCCCl)[C@H]32. The van der Waals surface area contributed by atoms with Crippen LogP contribution in [-0.4, -0.2) is 85.0 Å². The Kier molecular flexibility index (Phi) is 14.8.